The highest BCUT2D eigenvalue weighted by molar-refractivity contribution is 5.86. The summed E-state index contributed by atoms with van der Waals surface area (Å²) in [5, 5.41) is 29.4. The number of alkyl carbamates (subject to hydrolysis) is 2. The summed E-state index contributed by atoms with van der Waals surface area (Å²) in [5.74, 6) is -0.125. The van der Waals surface area contributed by atoms with Crippen LogP contribution in [0.1, 0.15) is 51.2 Å². The molecule has 2 aliphatic rings. The summed E-state index contributed by atoms with van der Waals surface area (Å²) in [6.07, 6.45) is 0.742. The molecule has 15 heteroatoms. The topological polar surface area (TPSA) is 190 Å². The van der Waals surface area contributed by atoms with Crippen molar-refractivity contribution in [2.24, 2.45) is 5.92 Å². The van der Waals surface area contributed by atoms with Crippen molar-refractivity contribution < 1.29 is 48.3 Å². The molecule has 2 fully saturated rings. The summed E-state index contributed by atoms with van der Waals surface area (Å²) in [5.41, 5.74) is 4.33. The van der Waals surface area contributed by atoms with E-state index in [1.807, 2.05) is 66.7 Å². The lowest BCUT2D eigenvalue weighted by atomic mass is 9.98. The van der Waals surface area contributed by atoms with Crippen LogP contribution >= 0.6 is 0 Å². The van der Waals surface area contributed by atoms with Gasteiger partial charge in [-0.1, -0.05) is 55.8 Å². The highest BCUT2D eigenvalue weighted by atomic mass is 16.7. The number of benzene rings is 2. The third-order valence-corrected chi connectivity index (χ3v) is 9.54. The number of amides is 3. The van der Waals surface area contributed by atoms with Gasteiger partial charge in [0.2, 0.25) is 0 Å². The molecular formula is C40H53N5O10. The van der Waals surface area contributed by atoms with Crippen LogP contribution in [0, 0.1) is 5.92 Å². The number of aliphatic hydroxyl groups excluding tert-OH is 1. The SMILES string of the molecule is CCCCOc1ccc(C[C@H](NC(=O)O[C@H]2CO[C@H]3OCC[C@H]32)[C@@H](O)CN(Cc2ccc(-c3ccccn3)cc2)NC(=O)[C@@H](NC(=O)OC)C(C)(C)O)cc1. The molecule has 3 amide bonds. The Morgan fingerprint density at radius 2 is 1.75 bits per heavy atom. The average molecular weight is 764 g/mol. The summed E-state index contributed by atoms with van der Waals surface area (Å²) in [7, 11) is 1.15. The number of fused-ring (bicyclic) bond motifs is 1. The quantitative estimate of drug-likeness (QED) is 0.0935. The number of hydrogen-bond acceptors (Lipinski definition) is 12. The predicted molar refractivity (Wildman–Crippen MR) is 201 cm³/mol. The molecule has 1 aromatic heterocycles. The zero-order valence-corrected chi connectivity index (χ0v) is 31.8. The fraction of sp³-hybridized carbons (Fsp3) is 0.500. The highest BCUT2D eigenvalue weighted by Gasteiger charge is 2.44. The van der Waals surface area contributed by atoms with Crippen LogP contribution in [0.4, 0.5) is 9.59 Å². The van der Waals surface area contributed by atoms with E-state index in [1.54, 1.807) is 6.20 Å². The van der Waals surface area contributed by atoms with Crippen LogP contribution in [0.5, 0.6) is 5.75 Å². The van der Waals surface area contributed by atoms with Gasteiger partial charge in [0.25, 0.3) is 5.91 Å². The normalized spacial score (nSPS) is 19.5. The van der Waals surface area contributed by atoms with Gasteiger partial charge in [-0.2, -0.15) is 0 Å². The van der Waals surface area contributed by atoms with E-state index in [0.717, 1.165) is 42.3 Å². The largest absolute Gasteiger partial charge is 0.494 e. The zero-order valence-electron chi connectivity index (χ0n) is 31.8. The van der Waals surface area contributed by atoms with Gasteiger partial charge in [-0.3, -0.25) is 15.2 Å². The van der Waals surface area contributed by atoms with Crippen LogP contribution < -0.4 is 20.8 Å². The van der Waals surface area contributed by atoms with E-state index in [4.69, 9.17) is 23.7 Å². The number of carbonyl (C=O) groups excluding carboxylic acids is 3. The first-order chi connectivity index (χ1) is 26.4. The fourth-order valence-corrected chi connectivity index (χ4v) is 6.46. The standard InChI is InChI=1S/C40H53N5O10/c1-5-6-20-52-29-16-12-26(13-17-29)22-32(42-39(49)55-34-25-54-37-30(34)18-21-53-37)33(46)24-45(44-36(47)35(40(2,3)50)43-38(48)51-4)23-27-10-14-28(15-11-27)31-9-7-8-19-41-31/h7-17,19,30,32-35,37,46,50H,5-6,18,20-25H2,1-4H3,(H,42,49)(H,43,48)(H,44,47)/t30-,32-,33-,34-,35+,37+/m0/s1. The van der Waals surface area contributed by atoms with Crippen molar-refractivity contribution in [3.05, 3.63) is 84.1 Å². The van der Waals surface area contributed by atoms with E-state index < -0.39 is 54.3 Å². The first-order valence-corrected chi connectivity index (χ1v) is 18.7. The molecule has 0 saturated carbocycles. The predicted octanol–water partition coefficient (Wildman–Crippen LogP) is 3.72. The van der Waals surface area contributed by atoms with Crippen molar-refractivity contribution in [3.8, 4) is 17.0 Å². The van der Waals surface area contributed by atoms with Crippen LogP contribution in [0.3, 0.4) is 0 Å². The smallest absolute Gasteiger partial charge is 0.407 e. The van der Waals surface area contributed by atoms with E-state index in [1.165, 1.54) is 18.9 Å². The molecular weight excluding hydrogens is 710 g/mol. The molecule has 6 atom stereocenters. The lowest BCUT2D eigenvalue weighted by Crippen LogP contribution is -2.61. The molecule has 55 heavy (non-hydrogen) atoms. The van der Waals surface area contributed by atoms with E-state index in [9.17, 15) is 24.6 Å². The first kappa shape index (κ1) is 41.4. The number of aromatic nitrogens is 1. The molecule has 0 spiro atoms. The maximum atomic E-state index is 13.7. The van der Waals surface area contributed by atoms with Crippen LogP contribution in [0.25, 0.3) is 11.3 Å². The molecule has 2 saturated heterocycles. The molecule has 3 heterocycles. The second kappa shape index (κ2) is 19.7. The lowest BCUT2D eigenvalue weighted by molar-refractivity contribution is -0.134. The van der Waals surface area contributed by atoms with Crippen LogP contribution in [-0.4, -0.2) is 108 Å². The summed E-state index contributed by atoms with van der Waals surface area (Å²) < 4.78 is 27.5. The Hall–Kier alpha value is -4.80. The van der Waals surface area contributed by atoms with Gasteiger partial charge in [0.1, 0.15) is 17.9 Å². The van der Waals surface area contributed by atoms with Crippen LogP contribution in [0.2, 0.25) is 0 Å². The Balaban J connectivity index is 1.37. The Kier molecular flexibility index (Phi) is 14.8. The minimum atomic E-state index is -1.69. The van der Waals surface area contributed by atoms with E-state index >= 15 is 0 Å². The van der Waals surface area contributed by atoms with Gasteiger partial charge in [-0.15, -0.1) is 0 Å². The zero-order chi connectivity index (χ0) is 39.4. The van der Waals surface area contributed by atoms with Crippen molar-refractivity contribution in [1.29, 1.82) is 0 Å². The lowest BCUT2D eigenvalue weighted by Gasteiger charge is -2.34. The van der Waals surface area contributed by atoms with Crippen molar-refractivity contribution in [3.63, 3.8) is 0 Å². The Morgan fingerprint density at radius 3 is 2.42 bits per heavy atom. The number of hydrogen-bond donors (Lipinski definition) is 5. The van der Waals surface area contributed by atoms with Gasteiger partial charge < -0.3 is 44.5 Å². The molecule has 5 rings (SSSR count). The van der Waals surface area contributed by atoms with Crippen molar-refractivity contribution >= 4 is 18.1 Å². The highest BCUT2D eigenvalue weighted by Crippen LogP contribution is 2.33. The number of carbonyl (C=O) groups is 3. The third-order valence-electron chi connectivity index (χ3n) is 9.54. The summed E-state index contributed by atoms with van der Waals surface area (Å²) in [4.78, 5) is 43.7. The number of pyridine rings is 1. The molecule has 0 aliphatic carbocycles. The van der Waals surface area contributed by atoms with Crippen LogP contribution in [-0.2, 0) is 36.7 Å². The second-order valence-electron chi connectivity index (χ2n) is 14.3. The molecule has 0 unspecified atom stereocenters. The summed E-state index contributed by atoms with van der Waals surface area (Å²) >= 11 is 0. The number of ether oxygens (including phenoxy) is 5. The third kappa shape index (κ3) is 12.1. The van der Waals surface area contributed by atoms with Gasteiger partial charge in [-0.05, 0) is 68.5 Å². The maximum absolute atomic E-state index is 13.7. The molecule has 2 aliphatic heterocycles. The molecule has 5 N–H and O–H groups in total. The molecule has 0 bridgehead atoms. The van der Waals surface area contributed by atoms with Gasteiger partial charge >= 0.3 is 12.2 Å². The summed E-state index contributed by atoms with van der Waals surface area (Å²) in [6.45, 7) is 6.09. The van der Waals surface area contributed by atoms with Crippen molar-refractivity contribution in [2.75, 3.05) is 33.5 Å². The number of nitrogens with zero attached hydrogens (tertiary/aromatic N) is 2. The molecule has 2 aromatic carbocycles. The van der Waals surface area contributed by atoms with Crippen molar-refractivity contribution in [2.45, 2.75) is 89.2 Å². The number of rotatable bonds is 18. The van der Waals surface area contributed by atoms with E-state index in [-0.39, 0.29) is 32.0 Å². The average Bonchev–Trinajstić information content (AvgIpc) is 3.79. The Bertz CT molecular complexity index is 1670. The number of methoxy groups -OCH3 is 1. The van der Waals surface area contributed by atoms with Gasteiger partial charge in [0, 0.05) is 24.8 Å². The summed E-state index contributed by atoms with van der Waals surface area (Å²) in [6, 6.07) is 18.3. The number of nitrogens with one attached hydrogen (secondary N) is 3. The van der Waals surface area contributed by atoms with Crippen molar-refractivity contribution in [1.82, 2.24) is 26.1 Å². The van der Waals surface area contributed by atoms with E-state index in [2.05, 4.69) is 28.0 Å². The number of hydrazine groups is 1. The maximum Gasteiger partial charge on any atom is 0.407 e. The number of unbranched alkanes of at least 4 members (excludes halogenated alkanes) is 1. The monoisotopic (exact) mass is 763 g/mol. The minimum absolute atomic E-state index is 0.0774. The molecule has 0 radical (unpaired) electrons. The molecule has 298 valence electrons. The van der Waals surface area contributed by atoms with Gasteiger partial charge in [0.05, 0.1) is 56.3 Å². The second-order valence-corrected chi connectivity index (χ2v) is 14.3. The Morgan fingerprint density at radius 1 is 1.00 bits per heavy atom. The molecule has 15 nitrogen and oxygen atoms in total. The van der Waals surface area contributed by atoms with Crippen LogP contribution in [0.15, 0.2) is 72.9 Å². The van der Waals surface area contributed by atoms with Gasteiger partial charge in [-0.25, -0.2) is 14.6 Å². The fourth-order valence-electron chi connectivity index (χ4n) is 6.46. The van der Waals surface area contributed by atoms with Gasteiger partial charge in [0.15, 0.2) is 6.29 Å². The number of aliphatic hydroxyl groups is 2. The van der Waals surface area contributed by atoms with E-state index in [0.29, 0.717) is 25.4 Å². The minimum Gasteiger partial charge on any atom is -0.494 e. The Labute approximate surface area is 321 Å². The first-order valence-electron chi connectivity index (χ1n) is 18.7. The molecule has 3 aromatic rings.